The third-order valence-electron chi connectivity index (χ3n) is 5.20. The van der Waals surface area contributed by atoms with Crippen molar-refractivity contribution >= 4 is 0 Å². The molecule has 0 radical (unpaired) electrons. The van der Waals surface area contributed by atoms with Crippen molar-refractivity contribution in [2.75, 3.05) is 54.6 Å². The van der Waals surface area contributed by atoms with E-state index in [2.05, 4.69) is 22.3 Å². The molecule has 152 valence electrons. The number of hydrogen-bond donors (Lipinski definition) is 1. The van der Waals surface area contributed by atoms with E-state index in [1.165, 1.54) is 0 Å². The summed E-state index contributed by atoms with van der Waals surface area (Å²) in [5, 5.41) is 3.48. The molecule has 6 nitrogen and oxygen atoms in total. The number of methoxy groups -OCH3 is 4. The first-order valence-corrected chi connectivity index (χ1v) is 9.61. The molecule has 6 heteroatoms. The third kappa shape index (κ3) is 4.18. The monoisotopic (exact) mass is 386 g/mol. The summed E-state index contributed by atoms with van der Waals surface area (Å²) in [5.41, 5.74) is 2.10. The van der Waals surface area contributed by atoms with Crippen molar-refractivity contribution < 1.29 is 18.9 Å². The predicted octanol–water partition coefficient (Wildman–Crippen LogP) is 3.11. The van der Waals surface area contributed by atoms with Crippen molar-refractivity contribution in [2.24, 2.45) is 0 Å². The minimum atomic E-state index is -0.0463. The second-order valence-corrected chi connectivity index (χ2v) is 6.73. The summed E-state index contributed by atoms with van der Waals surface area (Å²) in [5.74, 6) is 3.10. The smallest absolute Gasteiger partial charge is 0.165 e. The van der Waals surface area contributed by atoms with Gasteiger partial charge in [-0.15, -0.1) is 0 Å². The molecule has 0 saturated carbocycles. The highest BCUT2D eigenvalue weighted by Gasteiger charge is 2.30. The number of nitrogens with one attached hydrogen (secondary N) is 1. The normalized spacial score (nSPS) is 16.1. The van der Waals surface area contributed by atoms with Crippen LogP contribution in [-0.4, -0.2) is 59.5 Å². The molecule has 2 aromatic rings. The number of ether oxygens (including phenoxy) is 4. The lowest BCUT2D eigenvalue weighted by Gasteiger charge is -2.33. The summed E-state index contributed by atoms with van der Waals surface area (Å²) >= 11 is 0. The zero-order valence-corrected chi connectivity index (χ0v) is 17.2. The summed E-state index contributed by atoms with van der Waals surface area (Å²) < 4.78 is 22.6. The molecular formula is C22H30N2O4. The van der Waals surface area contributed by atoms with E-state index >= 15 is 0 Å². The van der Waals surface area contributed by atoms with Crippen LogP contribution >= 0.6 is 0 Å². The van der Waals surface area contributed by atoms with Crippen LogP contribution in [0.1, 0.15) is 23.6 Å². The Balaban J connectivity index is 2.19. The first-order valence-electron chi connectivity index (χ1n) is 9.61. The van der Waals surface area contributed by atoms with Gasteiger partial charge >= 0.3 is 0 Å². The molecule has 1 aliphatic heterocycles. The van der Waals surface area contributed by atoms with Crippen LogP contribution < -0.4 is 24.3 Å². The summed E-state index contributed by atoms with van der Waals surface area (Å²) in [7, 11) is 6.74. The van der Waals surface area contributed by atoms with E-state index in [0.29, 0.717) is 0 Å². The minimum Gasteiger partial charge on any atom is -0.497 e. The van der Waals surface area contributed by atoms with Crippen molar-refractivity contribution in [3.8, 4) is 23.0 Å². The van der Waals surface area contributed by atoms with Crippen LogP contribution in [-0.2, 0) is 0 Å². The molecule has 0 amide bonds. The van der Waals surface area contributed by atoms with E-state index < -0.39 is 0 Å². The largest absolute Gasteiger partial charge is 0.497 e. The van der Waals surface area contributed by atoms with Crippen molar-refractivity contribution in [1.29, 1.82) is 0 Å². The highest BCUT2D eigenvalue weighted by Crippen LogP contribution is 2.43. The summed E-state index contributed by atoms with van der Waals surface area (Å²) in [4.78, 5) is 2.47. The van der Waals surface area contributed by atoms with Crippen LogP contribution in [0.15, 0.2) is 36.4 Å². The molecule has 1 fully saturated rings. The average Bonchev–Trinajstić information content (AvgIpc) is 3.03. The molecule has 1 aliphatic rings. The first kappa shape index (κ1) is 20.3. The standard InChI is InChI=1S/C22H30N2O4/c1-25-16-9-10-19(26-2)18(15-16)21(24-13-6-11-23-12-14-24)17-7-5-8-20(27-3)22(17)28-4/h5,7-10,15,21,23H,6,11-14H2,1-4H3. The lowest BCUT2D eigenvalue weighted by Crippen LogP contribution is -2.33. The van der Waals surface area contributed by atoms with Gasteiger partial charge in [-0.3, -0.25) is 4.90 Å². The lowest BCUT2D eigenvalue weighted by molar-refractivity contribution is 0.229. The Labute approximate surface area is 167 Å². The van der Waals surface area contributed by atoms with Crippen molar-refractivity contribution in [1.82, 2.24) is 10.2 Å². The second-order valence-electron chi connectivity index (χ2n) is 6.73. The molecular weight excluding hydrogens is 356 g/mol. The first-order chi connectivity index (χ1) is 13.7. The van der Waals surface area contributed by atoms with Crippen LogP contribution in [0.4, 0.5) is 0 Å². The van der Waals surface area contributed by atoms with E-state index in [1.807, 2.05) is 24.3 Å². The lowest BCUT2D eigenvalue weighted by atomic mass is 9.94. The Kier molecular flexibility index (Phi) is 7.01. The molecule has 0 bridgehead atoms. The molecule has 1 N–H and O–H groups in total. The number of rotatable bonds is 7. The zero-order chi connectivity index (χ0) is 19.9. The van der Waals surface area contributed by atoms with Gasteiger partial charge in [-0.25, -0.2) is 0 Å². The fourth-order valence-electron chi connectivity index (χ4n) is 3.87. The van der Waals surface area contributed by atoms with Gasteiger partial charge in [-0.2, -0.15) is 0 Å². The third-order valence-corrected chi connectivity index (χ3v) is 5.20. The molecule has 28 heavy (non-hydrogen) atoms. The number of benzene rings is 2. The Morgan fingerprint density at radius 3 is 2.36 bits per heavy atom. The quantitative estimate of drug-likeness (QED) is 0.789. The second kappa shape index (κ2) is 9.66. The maximum absolute atomic E-state index is 5.78. The summed E-state index contributed by atoms with van der Waals surface area (Å²) in [6.07, 6.45) is 1.08. The van der Waals surface area contributed by atoms with Crippen LogP contribution in [0.2, 0.25) is 0 Å². The number of nitrogens with zero attached hydrogens (tertiary/aromatic N) is 1. The van der Waals surface area contributed by atoms with Gasteiger partial charge in [0.05, 0.1) is 34.5 Å². The maximum atomic E-state index is 5.78. The van der Waals surface area contributed by atoms with Gasteiger partial charge in [0.15, 0.2) is 11.5 Å². The van der Waals surface area contributed by atoms with E-state index in [9.17, 15) is 0 Å². The molecule has 3 rings (SSSR count). The Morgan fingerprint density at radius 1 is 0.821 bits per heavy atom. The highest BCUT2D eigenvalue weighted by molar-refractivity contribution is 5.54. The van der Waals surface area contributed by atoms with Crippen molar-refractivity contribution in [2.45, 2.75) is 12.5 Å². The average molecular weight is 386 g/mol. The molecule has 0 aliphatic carbocycles. The van der Waals surface area contributed by atoms with Gasteiger partial charge in [0, 0.05) is 30.8 Å². The van der Waals surface area contributed by atoms with E-state index in [4.69, 9.17) is 18.9 Å². The SMILES string of the molecule is COc1ccc(OC)c(C(c2cccc(OC)c2OC)N2CCCNCC2)c1. The van der Waals surface area contributed by atoms with Gasteiger partial charge < -0.3 is 24.3 Å². The van der Waals surface area contributed by atoms with Gasteiger partial charge in [0.25, 0.3) is 0 Å². The predicted molar refractivity (Wildman–Crippen MR) is 110 cm³/mol. The maximum Gasteiger partial charge on any atom is 0.165 e. The minimum absolute atomic E-state index is 0.0463. The Bertz CT molecular complexity index is 771. The Morgan fingerprint density at radius 2 is 1.64 bits per heavy atom. The number of para-hydroxylation sites is 1. The van der Waals surface area contributed by atoms with E-state index in [0.717, 1.165) is 66.7 Å². The Hall–Kier alpha value is -2.44. The van der Waals surface area contributed by atoms with Crippen molar-refractivity contribution in [3.63, 3.8) is 0 Å². The number of hydrogen-bond acceptors (Lipinski definition) is 6. The fourth-order valence-corrected chi connectivity index (χ4v) is 3.87. The van der Waals surface area contributed by atoms with Crippen LogP contribution in [0.5, 0.6) is 23.0 Å². The molecule has 2 aromatic carbocycles. The van der Waals surface area contributed by atoms with Crippen LogP contribution in [0.3, 0.4) is 0 Å². The highest BCUT2D eigenvalue weighted by atomic mass is 16.5. The zero-order valence-electron chi connectivity index (χ0n) is 17.2. The van der Waals surface area contributed by atoms with Crippen molar-refractivity contribution in [3.05, 3.63) is 47.5 Å². The summed E-state index contributed by atoms with van der Waals surface area (Å²) in [6, 6.07) is 11.9. The molecule has 0 aromatic heterocycles. The molecule has 1 saturated heterocycles. The van der Waals surface area contributed by atoms with Gasteiger partial charge in [-0.1, -0.05) is 12.1 Å². The van der Waals surface area contributed by atoms with Gasteiger partial charge in [0.1, 0.15) is 11.5 Å². The topological polar surface area (TPSA) is 52.2 Å². The van der Waals surface area contributed by atoms with Gasteiger partial charge in [0.2, 0.25) is 0 Å². The van der Waals surface area contributed by atoms with Crippen LogP contribution in [0, 0.1) is 0 Å². The molecule has 0 spiro atoms. The summed E-state index contributed by atoms with van der Waals surface area (Å²) in [6.45, 7) is 3.85. The molecule has 1 unspecified atom stereocenters. The van der Waals surface area contributed by atoms with Crippen LogP contribution in [0.25, 0.3) is 0 Å². The van der Waals surface area contributed by atoms with E-state index in [-0.39, 0.29) is 6.04 Å². The van der Waals surface area contributed by atoms with Gasteiger partial charge in [-0.05, 0) is 37.2 Å². The molecule has 1 heterocycles. The molecule has 1 atom stereocenters. The fraction of sp³-hybridized carbons (Fsp3) is 0.455. The van der Waals surface area contributed by atoms with E-state index in [1.54, 1.807) is 28.4 Å².